The lowest BCUT2D eigenvalue weighted by atomic mass is 10.4. The number of hydrogen-bond acceptors (Lipinski definition) is 2. The van der Waals surface area contributed by atoms with E-state index in [2.05, 4.69) is 30.6 Å². The molecule has 0 aliphatic carbocycles. The Balaban J connectivity index is 3.96. The molecule has 0 fully saturated rings. The van der Waals surface area contributed by atoms with Crippen LogP contribution in [0.15, 0.2) is 23.0 Å². The van der Waals surface area contributed by atoms with Crippen molar-refractivity contribution in [3.05, 3.63) is 12.8 Å². The summed E-state index contributed by atoms with van der Waals surface area (Å²) in [4.78, 5) is 1.88. The summed E-state index contributed by atoms with van der Waals surface area (Å²) in [6.07, 6.45) is 5.01. The maximum atomic E-state index is 3.78. The molecule has 0 aliphatic rings. The highest BCUT2D eigenvalue weighted by molar-refractivity contribution is 5.59. The van der Waals surface area contributed by atoms with Crippen molar-refractivity contribution < 1.29 is 0 Å². The maximum absolute atomic E-state index is 3.78. The van der Waals surface area contributed by atoms with Gasteiger partial charge in [0.25, 0.3) is 0 Å². The molecule has 0 radical (unpaired) electrons. The molecule has 0 heterocycles. The van der Waals surface area contributed by atoms with Crippen LogP contribution in [0.1, 0.15) is 20.8 Å². The molecule has 0 atom stereocenters. The SMILES string of the molecule is C=CN(/C=N\N=C\C)C(C)C. The van der Waals surface area contributed by atoms with E-state index in [0.717, 1.165) is 0 Å². The summed E-state index contributed by atoms with van der Waals surface area (Å²) in [6, 6.07) is 0.378. The fourth-order valence-corrected chi connectivity index (χ4v) is 0.547. The summed E-state index contributed by atoms with van der Waals surface area (Å²) in [5.41, 5.74) is 0. The van der Waals surface area contributed by atoms with Gasteiger partial charge in [0.2, 0.25) is 0 Å². The predicted octanol–water partition coefficient (Wildman–Crippen LogP) is 1.87. The molecule has 3 heteroatoms. The summed E-state index contributed by atoms with van der Waals surface area (Å²) in [6.45, 7) is 9.59. The highest BCUT2D eigenvalue weighted by atomic mass is 15.3. The van der Waals surface area contributed by atoms with Crippen molar-refractivity contribution in [1.82, 2.24) is 4.90 Å². The minimum atomic E-state index is 0.378. The third kappa shape index (κ3) is 4.31. The first kappa shape index (κ1) is 9.88. The van der Waals surface area contributed by atoms with Gasteiger partial charge in [0.1, 0.15) is 6.34 Å². The van der Waals surface area contributed by atoms with Crippen molar-refractivity contribution in [3.63, 3.8) is 0 Å². The lowest BCUT2D eigenvalue weighted by Gasteiger charge is -2.17. The second-order valence-corrected chi connectivity index (χ2v) is 2.33. The Morgan fingerprint density at radius 3 is 2.36 bits per heavy atom. The molecule has 0 rings (SSSR count). The van der Waals surface area contributed by atoms with Gasteiger partial charge in [-0.3, -0.25) is 0 Å². The van der Waals surface area contributed by atoms with Crippen LogP contribution in [0.4, 0.5) is 0 Å². The van der Waals surface area contributed by atoms with Gasteiger partial charge in [0.05, 0.1) is 0 Å². The first-order valence-corrected chi connectivity index (χ1v) is 3.63. The Hall–Kier alpha value is -1.12. The Labute approximate surface area is 68.1 Å². The molecule has 0 saturated carbocycles. The van der Waals surface area contributed by atoms with Crippen LogP contribution in [0, 0.1) is 0 Å². The first-order chi connectivity index (χ1) is 5.22. The largest absolute Gasteiger partial charge is 0.336 e. The zero-order valence-corrected chi connectivity index (χ0v) is 7.36. The standard InChI is InChI=1S/C8H15N3/c1-5-9-10-7-11(6-2)8(3)4/h5-8H,2H2,1,3-4H3/b9-5+,10-7-. The minimum Gasteiger partial charge on any atom is -0.336 e. The lowest BCUT2D eigenvalue weighted by Crippen LogP contribution is -2.22. The molecule has 0 aromatic rings. The molecule has 0 aliphatic heterocycles. The van der Waals surface area contributed by atoms with E-state index in [4.69, 9.17) is 0 Å². The summed E-state index contributed by atoms with van der Waals surface area (Å²) < 4.78 is 0. The fourth-order valence-electron chi connectivity index (χ4n) is 0.547. The summed E-state index contributed by atoms with van der Waals surface area (Å²) in [7, 11) is 0. The smallest absolute Gasteiger partial charge is 0.118 e. The average Bonchev–Trinajstić information content (AvgIpc) is 1.97. The molecule has 62 valence electrons. The third-order valence-electron chi connectivity index (χ3n) is 1.17. The molecule has 0 aromatic carbocycles. The van der Waals surface area contributed by atoms with Gasteiger partial charge in [-0.05, 0) is 27.0 Å². The van der Waals surface area contributed by atoms with Crippen molar-refractivity contribution in [3.8, 4) is 0 Å². The Bertz CT molecular complexity index is 159. The van der Waals surface area contributed by atoms with Gasteiger partial charge in [-0.2, -0.15) is 5.10 Å². The molecule has 0 spiro atoms. The Kier molecular flexibility index (Phi) is 5.07. The predicted molar refractivity (Wildman–Crippen MR) is 49.8 cm³/mol. The molecule has 3 nitrogen and oxygen atoms in total. The minimum absolute atomic E-state index is 0.378. The third-order valence-corrected chi connectivity index (χ3v) is 1.17. The molecule has 0 unspecified atom stereocenters. The second kappa shape index (κ2) is 5.65. The zero-order valence-electron chi connectivity index (χ0n) is 7.36. The van der Waals surface area contributed by atoms with E-state index in [1.165, 1.54) is 0 Å². The molecule has 11 heavy (non-hydrogen) atoms. The van der Waals surface area contributed by atoms with E-state index >= 15 is 0 Å². The Morgan fingerprint density at radius 1 is 1.36 bits per heavy atom. The van der Waals surface area contributed by atoms with Crippen LogP contribution >= 0.6 is 0 Å². The van der Waals surface area contributed by atoms with Crippen molar-refractivity contribution in [1.29, 1.82) is 0 Å². The Morgan fingerprint density at radius 2 is 2.00 bits per heavy atom. The highest BCUT2D eigenvalue weighted by Gasteiger charge is 1.97. The summed E-state index contributed by atoms with van der Waals surface area (Å²) in [5, 5.41) is 7.48. The van der Waals surface area contributed by atoms with Crippen LogP contribution in [0.2, 0.25) is 0 Å². The number of nitrogens with zero attached hydrogens (tertiary/aromatic N) is 3. The van der Waals surface area contributed by atoms with Crippen LogP contribution in [0.3, 0.4) is 0 Å². The molecule has 0 N–H and O–H groups in total. The summed E-state index contributed by atoms with van der Waals surface area (Å²) >= 11 is 0. The van der Waals surface area contributed by atoms with E-state index in [1.54, 1.807) is 18.8 Å². The van der Waals surface area contributed by atoms with Gasteiger partial charge >= 0.3 is 0 Å². The molecule has 0 bridgehead atoms. The van der Waals surface area contributed by atoms with E-state index in [9.17, 15) is 0 Å². The van der Waals surface area contributed by atoms with Crippen molar-refractivity contribution in [2.24, 2.45) is 10.2 Å². The van der Waals surface area contributed by atoms with Crippen LogP contribution in [0.5, 0.6) is 0 Å². The van der Waals surface area contributed by atoms with Gasteiger partial charge in [0, 0.05) is 12.3 Å². The monoisotopic (exact) mass is 153 g/mol. The second-order valence-electron chi connectivity index (χ2n) is 2.33. The molecule has 0 aromatic heterocycles. The number of hydrogen-bond donors (Lipinski definition) is 0. The fraction of sp³-hybridized carbons (Fsp3) is 0.500. The van der Waals surface area contributed by atoms with E-state index in [1.807, 2.05) is 11.8 Å². The molecule has 0 amide bonds. The average molecular weight is 153 g/mol. The van der Waals surface area contributed by atoms with Crippen LogP contribution in [-0.4, -0.2) is 23.5 Å². The van der Waals surface area contributed by atoms with Crippen molar-refractivity contribution in [2.45, 2.75) is 26.8 Å². The van der Waals surface area contributed by atoms with Gasteiger partial charge < -0.3 is 4.90 Å². The van der Waals surface area contributed by atoms with Gasteiger partial charge in [0.15, 0.2) is 0 Å². The molecular weight excluding hydrogens is 138 g/mol. The summed E-state index contributed by atoms with van der Waals surface area (Å²) in [5.74, 6) is 0. The van der Waals surface area contributed by atoms with Gasteiger partial charge in [-0.15, -0.1) is 5.10 Å². The van der Waals surface area contributed by atoms with Crippen LogP contribution in [-0.2, 0) is 0 Å². The van der Waals surface area contributed by atoms with Crippen molar-refractivity contribution in [2.75, 3.05) is 0 Å². The van der Waals surface area contributed by atoms with E-state index < -0.39 is 0 Å². The molecule has 0 saturated heterocycles. The maximum Gasteiger partial charge on any atom is 0.118 e. The highest BCUT2D eigenvalue weighted by Crippen LogP contribution is 1.93. The number of rotatable bonds is 4. The van der Waals surface area contributed by atoms with E-state index in [0.29, 0.717) is 6.04 Å². The zero-order chi connectivity index (χ0) is 8.69. The lowest BCUT2D eigenvalue weighted by molar-refractivity contribution is 0.471. The van der Waals surface area contributed by atoms with Crippen LogP contribution in [0.25, 0.3) is 0 Å². The molecular formula is C8H15N3. The first-order valence-electron chi connectivity index (χ1n) is 3.63. The quantitative estimate of drug-likeness (QED) is 0.344. The van der Waals surface area contributed by atoms with Crippen molar-refractivity contribution >= 4 is 12.6 Å². The van der Waals surface area contributed by atoms with Gasteiger partial charge in [-0.25, -0.2) is 0 Å². The normalized spacial score (nSPS) is 11.6. The van der Waals surface area contributed by atoms with Crippen LogP contribution < -0.4 is 0 Å². The van der Waals surface area contributed by atoms with Gasteiger partial charge in [-0.1, -0.05) is 6.58 Å². The van der Waals surface area contributed by atoms with E-state index in [-0.39, 0.29) is 0 Å². The topological polar surface area (TPSA) is 28.0 Å².